The number of rotatable bonds is 1. The van der Waals surface area contributed by atoms with Crippen molar-refractivity contribution in [2.45, 2.75) is 33.2 Å². The zero-order valence-corrected chi connectivity index (χ0v) is 10.9. The predicted octanol–water partition coefficient (Wildman–Crippen LogP) is 2.12. The molecule has 0 aliphatic carbocycles. The van der Waals surface area contributed by atoms with Crippen molar-refractivity contribution < 1.29 is 0 Å². The van der Waals surface area contributed by atoms with Crippen LogP contribution in [0, 0.1) is 11.8 Å². The van der Waals surface area contributed by atoms with Crippen LogP contribution in [0.4, 0.5) is 17.3 Å². The van der Waals surface area contributed by atoms with Gasteiger partial charge in [-0.15, -0.1) is 0 Å². The molecule has 0 aromatic carbocycles. The van der Waals surface area contributed by atoms with Crippen molar-refractivity contribution in [2.24, 2.45) is 11.8 Å². The Labute approximate surface area is 103 Å². The summed E-state index contributed by atoms with van der Waals surface area (Å²) in [6.07, 6.45) is 1.28. The molecule has 3 unspecified atom stereocenters. The van der Waals surface area contributed by atoms with Gasteiger partial charge >= 0.3 is 0 Å². The molecule has 1 saturated heterocycles. The van der Waals surface area contributed by atoms with Gasteiger partial charge in [0, 0.05) is 12.6 Å². The Kier molecular flexibility index (Phi) is 3.13. The summed E-state index contributed by atoms with van der Waals surface area (Å²) < 4.78 is 0. The zero-order valence-electron chi connectivity index (χ0n) is 10.9. The van der Waals surface area contributed by atoms with Crippen molar-refractivity contribution in [1.29, 1.82) is 0 Å². The lowest BCUT2D eigenvalue weighted by Crippen LogP contribution is -2.46. The highest BCUT2D eigenvalue weighted by atomic mass is 15.2. The van der Waals surface area contributed by atoms with E-state index in [1.165, 1.54) is 6.42 Å². The fraction of sp³-hybridized carbons (Fsp3) is 0.615. The minimum Gasteiger partial charge on any atom is -0.396 e. The highest BCUT2D eigenvalue weighted by molar-refractivity contribution is 5.62. The number of pyridine rings is 1. The molecule has 1 aromatic rings. The van der Waals surface area contributed by atoms with Gasteiger partial charge in [-0.05, 0) is 37.3 Å². The quantitative estimate of drug-likeness (QED) is 0.781. The van der Waals surface area contributed by atoms with Gasteiger partial charge in [0.2, 0.25) is 0 Å². The summed E-state index contributed by atoms with van der Waals surface area (Å²) >= 11 is 0. The van der Waals surface area contributed by atoms with Crippen LogP contribution < -0.4 is 16.4 Å². The van der Waals surface area contributed by atoms with Crippen molar-refractivity contribution in [3.05, 3.63) is 12.1 Å². The van der Waals surface area contributed by atoms with E-state index in [4.69, 9.17) is 11.5 Å². The van der Waals surface area contributed by atoms with Gasteiger partial charge in [0.05, 0.1) is 5.69 Å². The molecule has 0 bridgehead atoms. The number of nitrogens with two attached hydrogens (primary N) is 2. The minimum atomic E-state index is 0.431. The SMILES string of the molecule is CC1CC(C)C(C)N(c2ccc(N)c(N)n2)C1. The summed E-state index contributed by atoms with van der Waals surface area (Å²) in [6, 6.07) is 4.31. The van der Waals surface area contributed by atoms with Crippen LogP contribution >= 0.6 is 0 Å². The van der Waals surface area contributed by atoms with Gasteiger partial charge in [-0.3, -0.25) is 0 Å². The third-order valence-electron chi connectivity index (χ3n) is 3.83. The van der Waals surface area contributed by atoms with Gasteiger partial charge in [0.15, 0.2) is 0 Å². The van der Waals surface area contributed by atoms with E-state index in [9.17, 15) is 0 Å². The molecular formula is C13H22N4. The van der Waals surface area contributed by atoms with Crippen LogP contribution in [0.5, 0.6) is 0 Å². The molecular weight excluding hydrogens is 212 g/mol. The van der Waals surface area contributed by atoms with Crippen LogP contribution in [0.3, 0.4) is 0 Å². The summed E-state index contributed by atoms with van der Waals surface area (Å²) in [6.45, 7) is 7.89. The highest BCUT2D eigenvalue weighted by Crippen LogP contribution is 2.31. The van der Waals surface area contributed by atoms with Crippen LogP contribution in [0.1, 0.15) is 27.2 Å². The molecule has 2 heterocycles. The van der Waals surface area contributed by atoms with Gasteiger partial charge in [-0.1, -0.05) is 13.8 Å². The Morgan fingerprint density at radius 1 is 1.24 bits per heavy atom. The number of hydrogen-bond donors (Lipinski definition) is 2. The van der Waals surface area contributed by atoms with Crippen molar-refractivity contribution >= 4 is 17.3 Å². The zero-order chi connectivity index (χ0) is 12.6. The average molecular weight is 234 g/mol. The number of piperidine rings is 1. The molecule has 0 amide bonds. The Balaban J connectivity index is 2.28. The van der Waals surface area contributed by atoms with Gasteiger partial charge in [-0.2, -0.15) is 0 Å². The first-order valence-corrected chi connectivity index (χ1v) is 6.27. The average Bonchev–Trinajstić information content (AvgIpc) is 2.27. The Morgan fingerprint density at radius 2 is 1.94 bits per heavy atom. The maximum atomic E-state index is 5.78. The topological polar surface area (TPSA) is 68.2 Å². The molecule has 4 heteroatoms. The van der Waals surface area contributed by atoms with E-state index in [0.29, 0.717) is 29.4 Å². The van der Waals surface area contributed by atoms with Crippen molar-refractivity contribution in [2.75, 3.05) is 22.9 Å². The summed E-state index contributed by atoms with van der Waals surface area (Å²) in [5.41, 5.74) is 12.0. The lowest BCUT2D eigenvalue weighted by Gasteiger charge is -2.42. The standard InChI is InChI=1S/C13H22N4/c1-8-6-9(2)10(3)17(7-8)12-5-4-11(14)13(15)16-12/h4-5,8-10H,6-7,14H2,1-3H3,(H2,15,16). The second-order valence-corrected chi connectivity index (χ2v) is 5.36. The highest BCUT2D eigenvalue weighted by Gasteiger charge is 2.29. The molecule has 0 radical (unpaired) electrons. The van der Waals surface area contributed by atoms with Gasteiger partial charge < -0.3 is 16.4 Å². The van der Waals surface area contributed by atoms with E-state index >= 15 is 0 Å². The van der Waals surface area contributed by atoms with Gasteiger partial charge in [-0.25, -0.2) is 4.98 Å². The number of aromatic nitrogens is 1. The fourth-order valence-electron chi connectivity index (χ4n) is 2.65. The number of nitrogen functional groups attached to an aromatic ring is 2. The third kappa shape index (κ3) is 2.30. The normalized spacial score (nSPS) is 29.4. The Hall–Kier alpha value is -1.45. The van der Waals surface area contributed by atoms with Crippen molar-refractivity contribution in [3.8, 4) is 0 Å². The van der Waals surface area contributed by atoms with Crippen molar-refractivity contribution in [3.63, 3.8) is 0 Å². The van der Waals surface area contributed by atoms with Crippen LogP contribution in [0.25, 0.3) is 0 Å². The molecule has 1 aliphatic rings. The largest absolute Gasteiger partial charge is 0.396 e. The fourth-order valence-corrected chi connectivity index (χ4v) is 2.65. The van der Waals surface area contributed by atoms with E-state index in [2.05, 4.69) is 30.7 Å². The monoisotopic (exact) mass is 234 g/mol. The first-order valence-electron chi connectivity index (χ1n) is 6.27. The molecule has 2 rings (SSSR count). The molecule has 1 aliphatic heterocycles. The van der Waals surface area contributed by atoms with Crippen LogP contribution in [-0.4, -0.2) is 17.6 Å². The number of nitrogens with zero attached hydrogens (tertiary/aromatic N) is 2. The lowest BCUT2D eigenvalue weighted by molar-refractivity contribution is 0.295. The van der Waals surface area contributed by atoms with Gasteiger partial charge in [0.25, 0.3) is 0 Å². The molecule has 1 aromatic heterocycles. The first kappa shape index (κ1) is 12.0. The second kappa shape index (κ2) is 4.43. The number of anilines is 3. The summed E-state index contributed by atoms with van der Waals surface area (Å²) in [7, 11) is 0. The lowest BCUT2D eigenvalue weighted by atomic mass is 9.86. The molecule has 17 heavy (non-hydrogen) atoms. The van der Waals surface area contributed by atoms with E-state index < -0.39 is 0 Å². The maximum absolute atomic E-state index is 5.78. The molecule has 0 spiro atoms. The van der Waals surface area contributed by atoms with E-state index in [-0.39, 0.29) is 0 Å². The Bertz CT molecular complexity index is 404. The van der Waals surface area contributed by atoms with Gasteiger partial charge in [0.1, 0.15) is 11.6 Å². The molecule has 3 atom stereocenters. The van der Waals surface area contributed by atoms with E-state index in [1.54, 1.807) is 0 Å². The molecule has 94 valence electrons. The molecule has 4 nitrogen and oxygen atoms in total. The second-order valence-electron chi connectivity index (χ2n) is 5.36. The molecule has 0 saturated carbocycles. The summed E-state index contributed by atoms with van der Waals surface area (Å²) in [5.74, 6) is 2.75. The molecule has 4 N–H and O–H groups in total. The van der Waals surface area contributed by atoms with Crippen LogP contribution in [-0.2, 0) is 0 Å². The Morgan fingerprint density at radius 3 is 2.59 bits per heavy atom. The van der Waals surface area contributed by atoms with Crippen molar-refractivity contribution in [1.82, 2.24) is 4.98 Å². The van der Waals surface area contributed by atoms with E-state index in [0.717, 1.165) is 12.4 Å². The first-order chi connectivity index (χ1) is 7.99. The van der Waals surface area contributed by atoms with E-state index in [1.807, 2.05) is 12.1 Å². The maximum Gasteiger partial charge on any atom is 0.149 e. The number of hydrogen-bond acceptors (Lipinski definition) is 4. The predicted molar refractivity (Wildman–Crippen MR) is 72.8 cm³/mol. The van der Waals surface area contributed by atoms with Crippen LogP contribution in [0.2, 0.25) is 0 Å². The minimum absolute atomic E-state index is 0.431. The van der Waals surface area contributed by atoms with Crippen LogP contribution in [0.15, 0.2) is 12.1 Å². The molecule has 1 fully saturated rings. The smallest absolute Gasteiger partial charge is 0.149 e. The summed E-state index contributed by atoms with van der Waals surface area (Å²) in [4.78, 5) is 6.74. The summed E-state index contributed by atoms with van der Waals surface area (Å²) in [5, 5.41) is 0. The third-order valence-corrected chi connectivity index (χ3v) is 3.83.